The number of nitrogens with one attached hydrogen (secondary N) is 1. The molecule has 1 aliphatic heterocycles. The van der Waals surface area contributed by atoms with E-state index in [2.05, 4.69) is 26.1 Å². The summed E-state index contributed by atoms with van der Waals surface area (Å²) in [6.07, 6.45) is 0.840. The fourth-order valence-electron chi connectivity index (χ4n) is 5.36. The molecular weight excluding hydrogens is 536 g/mol. The molecule has 0 saturated heterocycles. The van der Waals surface area contributed by atoms with Crippen molar-refractivity contribution < 1.29 is 27.6 Å². The number of benzene rings is 2. The zero-order valence-electron chi connectivity index (χ0n) is 22.8. The molecule has 0 amide bonds. The first kappa shape index (κ1) is 27.6. The van der Waals surface area contributed by atoms with Gasteiger partial charge in [0.1, 0.15) is 17.7 Å². The van der Waals surface area contributed by atoms with E-state index >= 15 is 0 Å². The summed E-state index contributed by atoms with van der Waals surface area (Å²) in [6.45, 7) is 8.22. The lowest BCUT2D eigenvalue weighted by molar-refractivity contribution is -0.384. The lowest BCUT2D eigenvalue weighted by atomic mass is 10.0. The number of carbonyl (C=O) groups excluding carboxylic acids is 1. The molecular formula is C28H32N4O7S. The molecule has 12 heteroatoms. The highest BCUT2D eigenvalue weighted by Gasteiger charge is 2.34. The Morgan fingerprint density at radius 3 is 2.48 bits per heavy atom. The van der Waals surface area contributed by atoms with Crippen molar-refractivity contribution in [3.63, 3.8) is 0 Å². The molecule has 2 aliphatic rings. The second-order valence-electron chi connectivity index (χ2n) is 11.4. The fraction of sp³-hybridized carbons (Fsp3) is 0.429. The Balaban J connectivity index is 1.29. The third kappa shape index (κ3) is 5.81. The maximum absolute atomic E-state index is 12.4. The maximum atomic E-state index is 12.4. The molecule has 0 radical (unpaired) electrons. The van der Waals surface area contributed by atoms with Crippen molar-refractivity contribution in [2.24, 2.45) is 0 Å². The van der Waals surface area contributed by atoms with Gasteiger partial charge < -0.3 is 14.8 Å². The van der Waals surface area contributed by atoms with Crippen molar-refractivity contribution in [2.75, 3.05) is 5.32 Å². The number of ether oxygens (including phenoxy) is 2. The number of nitro groups is 1. The number of non-ortho nitro benzene ring substituents is 1. The predicted molar refractivity (Wildman–Crippen MR) is 149 cm³/mol. The van der Waals surface area contributed by atoms with Crippen LogP contribution in [0.5, 0.6) is 5.75 Å². The van der Waals surface area contributed by atoms with Crippen LogP contribution >= 0.6 is 0 Å². The van der Waals surface area contributed by atoms with Crippen LogP contribution in [-0.4, -0.2) is 35.4 Å². The SMILES string of the molecule is Cc1c([C@H]2CC[C@@H](OC(=O)Oc3ccc([N+](=O)[O-])cc3)C2)nn(C(C)(C)C)c1Nc1ccc2c(c1)CS(=O)(=O)C2. The van der Waals surface area contributed by atoms with Crippen LogP contribution in [0.15, 0.2) is 42.5 Å². The molecule has 212 valence electrons. The van der Waals surface area contributed by atoms with Gasteiger partial charge in [0.05, 0.1) is 27.7 Å². The topological polar surface area (TPSA) is 143 Å². The second-order valence-corrected chi connectivity index (χ2v) is 13.5. The number of fused-ring (bicyclic) bond motifs is 1. The van der Waals surface area contributed by atoms with E-state index in [9.17, 15) is 23.3 Å². The van der Waals surface area contributed by atoms with Gasteiger partial charge in [-0.05, 0) is 82.3 Å². The van der Waals surface area contributed by atoms with Crippen molar-refractivity contribution >= 4 is 33.2 Å². The minimum Gasteiger partial charge on any atom is -0.431 e. The van der Waals surface area contributed by atoms with Crippen LogP contribution < -0.4 is 10.1 Å². The molecule has 1 saturated carbocycles. The van der Waals surface area contributed by atoms with E-state index in [4.69, 9.17) is 14.6 Å². The van der Waals surface area contributed by atoms with E-state index in [0.717, 1.165) is 40.3 Å². The van der Waals surface area contributed by atoms with Gasteiger partial charge in [0, 0.05) is 29.3 Å². The summed E-state index contributed by atoms with van der Waals surface area (Å²) < 4.78 is 36.9. The van der Waals surface area contributed by atoms with Crippen molar-refractivity contribution in [3.8, 4) is 5.75 Å². The van der Waals surface area contributed by atoms with Crippen molar-refractivity contribution in [1.82, 2.24) is 9.78 Å². The highest BCUT2D eigenvalue weighted by molar-refractivity contribution is 7.90. The van der Waals surface area contributed by atoms with E-state index < -0.39 is 20.9 Å². The van der Waals surface area contributed by atoms with Crippen molar-refractivity contribution in [1.29, 1.82) is 0 Å². The van der Waals surface area contributed by atoms with Gasteiger partial charge >= 0.3 is 6.16 Å². The van der Waals surface area contributed by atoms with Crippen LogP contribution in [-0.2, 0) is 31.6 Å². The third-order valence-corrected chi connectivity index (χ3v) is 8.80. The molecule has 2 aromatic carbocycles. The first-order chi connectivity index (χ1) is 18.8. The summed E-state index contributed by atoms with van der Waals surface area (Å²) in [5, 5.41) is 19.3. The van der Waals surface area contributed by atoms with Crippen LogP contribution in [0.3, 0.4) is 0 Å². The van der Waals surface area contributed by atoms with Gasteiger partial charge in [-0.3, -0.25) is 10.1 Å². The number of carbonyl (C=O) groups is 1. The molecule has 3 aromatic rings. The van der Waals surface area contributed by atoms with E-state index in [1.165, 1.54) is 24.3 Å². The van der Waals surface area contributed by atoms with Crippen LogP contribution in [0.1, 0.15) is 68.3 Å². The highest BCUT2D eigenvalue weighted by atomic mass is 32.2. The number of hydrogen-bond acceptors (Lipinski definition) is 9. The lowest BCUT2D eigenvalue weighted by Crippen LogP contribution is -2.25. The zero-order chi connectivity index (χ0) is 28.8. The minimum atomic E-state index is -3.09. The summed E-state index contributed by atoms with van der Waals surface area (Å²) >= 11 is 0. The van der Waals surface area contributed by atoms with E-state index in [-0.39, 0.29) is 40.5 Å². The number of aromatic nitrogens is 2. The number of nitro benzene ring substituents is 1. The van der Waals surface area contributed by atoms with E-state index in [0.29, 0.717) is 12.8 Å². The lowest BCUT2D eigenvalue weighted by Gasteiger charge is -2.23. The zero-order valence-corrected chi connectivity index (χ0v) is 23.7. The van der Waals surface area contributed by atoms with Crippen molar-refractivity contribution in [3.05, 3.63) is 75.0 Å². The van der Waals surface area contributed by atoms with Gasteiger partial charge in [0.2, 0.25) is 0 Å². The molecule has 1 N–H and O–H groups in total. The summed E-state index contributed by atoms with van der Waals surface area (Å²) in [5.41, 5.74) is 3.96. The summed E-state index contributed by atoms with van der Waals surface area (Å²) in [4.78, 5) is 22.7. The monoisotopic (exact) mass is 568 g/mol. The largest absolute Gasteiger partial charge is 0.514 e. The molecule has 11 nitrogen and oxygen atoms in total. The number of nitrogens with zero attached hydrogens (tertiary/aromatic N) is 3. The smallest absolute Gasteiger partial charge is 0.431 e. The summed E-state index contributed by atoms with van der Waals surface area (Å²) in [7, 11) is -3.09. The Morgan fingerprint density at radius 1 is 1.10 bits per heavy atom. The van der Waals surface area contributed by atoms with Gasteiger partial charge in [0.25, 0.3) is 5.69 Å². The molecule has 2 heterocycles. The van der Waals surface area contributed by atoms with E-state index in [1.807, 2.05) is 29.8 Å². The Morgan fingerprint density at radius 2 is 1.80 bits per heavy atom. The minimum absolute atomic E-state index is 0.0523. The molecule has 1 fully saturated rings. The normalized spacial score (nSPS) is 19.7. The highest BCUT2D eigenvalue weighted by Crippen LogP contribution is 2.41. The van der Waals surface area contributed by atoms with Crippen LogP contribution in [0.25, 0.3) is 0 Å². The quantitative estimate of drug-likeness (QED) is 0.167. The first-order valence-corrected chi connectivity index (χ1v) is 14.9. The maximum Gasteiger partial charge on any atom is 0.514 e. The Kier molecular flexibility index (Phi) is 7.07. The summed E-state index contributed by atoms with van der Waals surface area (Å²) in [5.74, 6) is 1.22. The van der Waals surface area contributed by atoms with Gasteiger partial charge in [-0.15, -0.1) is 0 Å². The summed E-state index contributed by atoms with van der Waals surface area (Å²) in [6, 6.07) is 10.9. The third-order valence-electron chi connectivity index (χ3n) is 7.30. The molecule has 0 unspecified atom stereocenters. The molecule has 2 atom stereocenters. The number of sulfone groups is 1. The van der Waals surface area contributed by atoms with E-state index in [1.54, 1.807) is 0 Å². The molecule has 1 aromatic heterocycles. The first-order valence-electron chi connectivity index (χ1n) is 13.1. The number of hydrogen-bond donors (Lipinski definition) is 1. The second kappa shape index (κ2) is 10.2. The average Bonchev–Trinajstić information content (AvgIpc) is 3.53. The van der Waals surface area contributed by atoms with Gasteiger partial charge in [0.15, 0.2) is 9.84 Å². The Bertz CT molecular complexity index is 1570. The molecule has 40 heavy (non-hydrogen) atoms. The van der Waals surface area contributed by atoms with Crippen molar-refractivity contribution in [2.45, 2.75) is 76.0 Å². The van der Waals surface area contributed by atoms with Gasteiger partial charge in [-0.1, -0.05) is 6.07 Å². The molecule has 1 aliphatic carbocycles. The predicted octanol–water partition coefficient (Wildman–Crippen LogP) is 5.88. The Hall–Kier alpha value is -3.93. The van der Waals surface area contributed by atoms with Gasteiger partial charge in [-0.25, -0.2) is 17.9 Å². The number of rotatable bonds is 6. The Labute approximate surface area is 232 Å². The fourth-order valence-corrected chi connectivity index (χ4v) is 6.96. The molecule has 0 spiro atoms. The average molecular weight is 569 g/mol. The van der Waals surface area contributed by atoms with Crippen LogP contribution in [0.2, 0.25) is 0 Å². The van der Waals surface area contributed by atoms with Crippen LogP contribution in [0, 0.1) is 17.0 Å². The van der Waals surface area contributed by atoms with Gasteiger partial charge in [-0.2, -0.15) is 5.10 Å². The standard InChI is InChI=1S/C28H32N4O7S/c1-17-25(18-6-10-24(14-18)39-27(33)38-23-11-8-22(9-12-23)32(34)35)30-31(28(2,3)4)26(17)29-21-7-5-19-15-40(36,37)16-20(19)13-21/h5,7-9,11-13,18,24,29H,6,10,14-16H2,1-4H3/t18-,24+/m0/s1. The number of anilines is 2. The molecule has 5 rings (SSSR count). The molecule has 0 bridgehead atoms. The van der Waals surface area contributed by atoms with Crippen LogP contribution in [0.4, 0.5) is 22.0 Å².